The summed E-state index contributed by atoms with van der Waals surface area (Å²) < 4.78 is 0. The van der Waals surface area contributed by atoms with Crippen molar-refractivity contribution in [2.45, 2.75) is 38.5 Å². The molecule has 1 aliphatic carbocycles. The molecule has 1 N–H and O–H groups in total. The molecule has 0 saturated heterocycles. The minimum atomic E-state index is -0.814. The Morgan fingerprint density at radius 3 is 2.40 bits per heavy atom. The number of hydrogen-bond donors (Lipinski definition) is 1. The van der Waals surface area contributed by atoms with E-state index in [0.29, 0.717) is 6.42 Å². The van der Waals surface area contributed by atoms with Gasteiger partial charge >= 0.3 is 5.97 Å². The van der Waals surface area contributed by atoms with Crippen LogP contribution in [-0.2, 0) is 9.59 Å². The molecule has 1 amide bonds. The summed E-state index contributed by atoms with van der Waals surface area (Å²) in [7, 11) is 1.72. The van der Waals surface area contributed by atoms with E-state index in [0.717, 1.165) is 31.4 Å². The number of nitrogens with zero attached hydrogens (tertiary/aromatic N) is 2. The molecule has 0 spiro atoms. The Balaban J connectivity index is 2.07. The van der Waals surface area contributed by atoms with Crippen LogP contribution in [0.2, 0.25) is 0 Å². The van der Waals surface area contributed by atoms with Crippen LogP contribution in [-0.4, -0.2) is 29.0 Å². The maximum atomic E-state index is 12.4. The first-order valence-electron chi connectivity index (χ1n) is 6.91. The number of aromatic nitrogens is 1. The van der Waals surface area contributed by atoms with Crippen molar-refractivity contribution < 1.29 is 14.7 Å². The summed E-state index contributed by atoms with van der Waals surface area (Å²) in [6.45, 7) is 0. The van der Waals surface area contributed by atoms with Crippen molar-refractivity contribution in [1.29, 1.82) is 0 Å². The highest BCUT2D eigenvalue weighted by atomic mass is 16.4. The van der Waals surface area contributed by atoms with Gasteiger partial charge in [0.2, 0.25) is 5.91 Å². The molecule has 1 heterocycles. The number of carboxylic acids is 1. The van der Waals surface area contributed by atoms with Gasteiger partial charge < -0.3 is 10.0 Å². The normalized spacial score (nSPS) is 16.9. The molecule has 0 radical (unpaired) electrons. The lowest BCUT2D eigenvalue weighted by Gasteiger charge is -2.29. The number of pyridine rings is 1. The van der Waals surface area contributed by atoms with E-state index in [2.05, 4.69) is 4.98 Å². The van der Waals surface area contributed by atoms with Crippen LogP contribution < -0.4 is 4.90 Å². The Hall–Kier alpha value is -1.91. The highest BCUT2D eigenvalue weighted by Gasteiger charge is 2.38. The van der Waals surface area contributed by atoms with Crippen molar-refractivity contribution in [3.63, 3.8) is 0 Å². The molecule has 2 rings (SSSR count). The maximum Gasteiger partial charge on any atom is 0.303 e. The number of carbonyl (C=O) groups excluding carboxylic acids is 1. The summed E-state index contributed by atoms with van der Waals surface area (Å²) in [5.41, 5.74) is 0.429. The van der Waals surface area contributed by atoms with Gasteiger partial charge in [0.1, 0.15) is 0 Å². The molecular weight excluding hydrogens is 256 g/mol. The van der Waals surface area contributed by atoms with E-state index in [9.17, 15) is 9.59 Å². The third kappa shape index (κ3) is 3.35. The Labute approximate surface area is 118 Å². The Bertz CT molecular complexity index is 481. The van der Waals surface area contributed by atoms with E-state index < -0.39 is 5.97 Å². The van der Waals surface area contributed by atoms with Crippen LogP contribution in [0.25, 0.3) is 0 Å². The number of carboxylic acid groups (broad SMARTS) is 1. The van der Waals surface area contributed by atoms with E-state index in [1.807, 2.05) is 0 Å². The second-order valence-corrected chi connectivity index (χ2v) is 5.61. The fourth-order valence-corrected chi connectivity index (χ4v) is 3.01. The van der Waals surface area contributed by atoms with Crippen molar-refractivity contribution >= 4 is 17.6 Å². The Morgan fingerprint density at radius 2 is 1.85 bits per heavy atom. The number of anilines is 1. The van der Waals surface area contributed by atoms with Gasteiger partial charge in [-0.1, -0.05) is 12.8 Å². The van der Waals surface area contributed by atoms with Crippen molar-refractivity contribution in [3.8, 4) is 0 Å². The van der Waals surface area contributed by atoms with Crippen LogP contribution in [0.4, 0.5) is 5.69 Å². The predicted molar refractivity (Wildman–Crippen MR) is 75.4 cm³/mol. The van der Waals surface area contributed by atoms with E-state index in [1.165, 1.54) is 0 Å². The van der Waals surface area contributed by atoms with Crippen LogP contribution in [0.15, 0.2) is 24.5 Å². The second kappa shape index (κ2) is 6.03. The van der Waals surface area contributed by atoms with Crippen LogP contribution in [0, 0.1) is 5.41 Å². The highest BCUT2D eigenvalue weighted by Crippen LogP contribution is 2.44. The minimum absolute atomic E-state index is 0.0284. The minimum Gasteiger partial charge on any atom is -0.481 e. The van der Waals surface area contributed by atoms with Gasteiger partial charge in [0.05, 0.1) is 6.42 Å². The first-order valence-corrected chi connectivity index (χ1v) is 6.91. The van der Waals surface area contributed by atoms with Crippen LogP contribution in [0.1, 0.15) is 38.5 Å². The summed E-state index contributed by atoms with van der Waals surface area (Å²) in [5.74, 6) is -0.842. The fraction of sp³-hybridized carbons (Fsp3) is 0.533. The zero-order valence-electron chi connectivity index (χ0n) is 11.7. The van der Waals surface area contributed by atoms with Gasteiger partial charge in [0, 0.05) is 31.5 Å². The van der Waals surface area contributed by atoms with Crippen LogP contribution in [0.3, 0.4) is 0 Å². The monoisotopic (exact) mass is 276 g/mol. The molecule has 1 saturated carbocycles. The Kier molecular flexibility index (Phi) is 4.37. The summed E-state index contributed by atoms with van der Waals surface area (Å²) in [4.78, 5) is 29.0. The molecule has 108 valence electrons. The zero-order valence-corrected chi connectivity index (χ0v) is 11.7. The molecule has 0 aromatic carbocycles. The average molecular weight is 276 g/mol. The summed E-state index contributed by atoms with van der Waals surface area (Å²) >= 11 is 0. The highest BCUT2D eigenvalue weighted by molar-refractivity contribution is 5.93. The zero-order chi connectivity index (χ0) is 14.6. The van der Waals surface area contributed by atoms with Gasteiger partial charge in [0.15, 0.2) is 0 Å². The van der Waals surface area contributed by atoms with E-state index in [-0.39, 0.29) is 17.7 Å². The van der Waals surface area contributed by atoms with Crippen LogP contribution in [0.5, 0.6) is 0 Å². The van der Waals surface area contributed by atoms with Gasteiger partial charge in [-0.25, -0.2) is 0 Å². The lowest BCUT2D eigenvalue weighted by Crippen LogP contribution is -2.33. The largest absolute Gasteiger partial charge is 0.481 e. The quantitative estimate of drug-likeness (QED) is 0.896. The van der Waals surface area contributed by atoms with Crippen molar-refractivity contribution in [2.24, 2.45) is 5.41 Å². The summed E-state index contributed by atoms with van der Waals surface area (Å²) in [6, 6.07) is 3.55. The molecule has 20 heavy (non-hydrogen) atoms. The second-order valence-electron chi connectivity index (χ2n) is 5.61. The Morgan fingerprint density at radius 1 is 1.25 bits per heavy atom. The maximum absolute atomic E-state index is 12.4. The lowest BCUT2D eigenvalue weighted by molar-refractivity contribution is -0.140. The molecular formula is C15H20N2O3. The molecule has 0 atom stereocenters. The fourth-order valence-electron chi connectivity index (χ4n) is 3.01. The molecule has 0 aliphatic heterocycles. The van der Waals surface area contributed by atoms with E-state index >= 15 is 0 Å². The molecule has 5 heteroatoms. The molecule has 0 unspecified atom stereocenters. The lowest BCUT2D eigenvalue weighted by atomic mass is 9.79. The number of aliphatic carboxylic acids is 1. The summed E-state index contributed by atoms with van der Waals surface area (Å²) in [5, 5.41) is 9.07. The van der Waals surface area contributed by atoms with Crippen molar-refractivity contribution in [3.05, 3.63) is 24.5 Å². The van der Waals surface area contributed by atoms with Gasteiger partial charge in [-0.3, -0.25) is 14.6 Å². The van der Waals surface area contributed by atoms with Gasteiger partial charge in [-0.05, 0) is 30.4 Å². The third-order valence-electron chi connectivity index (χ3n) is 4.14. The first-order chi connectivity index (χ1) is 9.52. The molecule has 1 aromatic heterocycles. The number of rotatable bonds is 5. The summed E-state index contributed by atoms with van der Waals surface area (Å²) in [6.07, 6.45) is 7.36. The smallest absolute Gasteiger partial charge is 0.303 e. The SMILES string of the molecule is CN(C(=O)CC1(CC(=O)O)CCCC1)c1ccncc1. The number of carbonyl (C=O) groups is 2. The molecule has 5 nitrogen and oxygen atoms in total. The number of hydrogen-bond acceptors (Lipinski definition) is 3. The predicted octanol–water partition coefficient (Wildman–Crippen LogP) is 2.47. The molecule has 0 bridgehead atoms. The number of amides is 1. The van der Waals surface area contributed by atoms with Gasteiger partial charge in [-0.2, -0.15) is 0 Å². The molecule has 1 aliphatic rings. The van der Waals surface area contributed by atoms with Crippen LogP contribution >= 0.6 is 0 Å². The topological polar surface area (TPSA) is 70.5 Å². The van der Waals surface area contributed by atoms with E-state index in [1.54, 1.807) is 36.5 Å². The molecule has 1 fully saturated rings. The van der Waals surface area contributed by atoms with Gasteiger partial charge in [0.25, 0.3) is 0 Å². The third-order valence-corrected chi connectivity index (χ3v) is 4.14. The van der Waals surface area contributed by atoms with Crippen molar-refractivity contribution in [1.82, 2.24) is 4.98 Å². The van der Waals surface area contributed by atoms with Gasteiger partial charge in [-0.15, -0.1) is 0 Å². The van der Waals surface area contributed by atoms with Crippen molar-refractivity contribution in [2.75, 3.05) is 11.9 Å². The standard InChI is InChI=1S/C15H20N2O3/c1-17(12-4-8-16-9-5-12)13(18)10-15(11-14(19)20)6-2-3-7-15/h4-5,8-9H,2-3,6-7,10-11H2,1H3,(H,19,20). The molecule has 1 aromatic rings. The average Bonchev–Trinajstić information content (AvgIpc) is 2.86. The first kappa shape index (κ1) is 14.5. The van der Waals surface area contributed by atoms with E-state index in [4.69, 9.17) is 5.11 Å².